The van der Waals surface area contributed by atoms with Crippen LogP contribution in [0.15, 0.2) is 36.4 Å². The fourth-order valence-corrected chi connectivity index (χ4v) is 3.65. The highest BCUT2D eigenvalue weighted by Gasteiger charge is 2.20. The summed E-state index contributed by atoms with van der Waals surface area (Å²) in [5.41, 5.74) is 2.18. The summed E-state index contributed by atoms with van der Waals surface area (Å²) in [6, 6.07) is 9.79. The third-order valence-electron chi connectivity index (χ3n) is 3.64. The van der Waals surface area contributed by atoms with Crippen molar-refractivity contribution in [3.05, 3.63) is 52.5 Å². The second kappa shape index (κ2) is 6.22. The quantitative estimate of drug-likeness (QED) is 0.873. The Labute approximate surface area is 128 Å². The summed E-state index contributed by atoms with van der Waals surface area (Å²) in [5.74, 6) is 0.595. The van der Waals surface area contributed by atoms with E-state index in [0.29, 0.717) is 0 Å². The molecule has 1 heterocycles. The number of anilines is 1. The number of fused-ring (bicyclic) bond motifs is 1. The summed E-state index contributed by atoms with van der Waals surface area (Å²) in [5, 5.41) is 3.59. The van der Waals surface area contributed by atoms with Crippen molar-refractivity contribution in [3.63, 3.8) is 0 Å². The van der Waals surface area contributed by atoms with Gasteiger partial charge in [0, 0.05) is 11.0 Å². The third kappa shape index (κ3) is 3.58. The molecule has 108 valence electrons. The van der Waals surface area contributed by atoms with E-state index in [2.05, 4.69) is 17.2 Å². The maximum Gasteiger partial charge on any atom is 0.250 e. The van der Waals surface area contributed by atoms with Gasteiger partial charge in [-0.25, -0.2) is 4.98 Å². The number of carbonyl (C=O) groups excluding carboxylic acids is 1. The largest absolute Gasteiger partial charge is 0.298 e. The number of rotatable bonds is 3. The molecule has 3 nitrogen and oxygen atoms in total. The maximum atomic E-state index is 11.9. The normalized spacial score (nSPS) is 17.7. The summed E-state index contributed by atoms with van der Waals surface area (Å²) in [6.45, 7) is 2.27. The van der Waals surface area contributed by atoms with Gasteiger partial charge in [0.15, 0.2) is 5.13 Å². The van der Waals surface area contributed by atoms with Crippen molar-refractivity contribution < 1.29 is 4.79 Å². The van der Waals surface area contributed by atoms with Gasteiger partial charge in [0.05, 0.1) is 5.69 Å². The second-order valence-corrected chi connectivity index (χ2v) is 6.55. The molecule has 1 N–H and O–H groups in total. The van der Waals surface area contributed by atoms with Gasteiger partial charge in [0.25, 0.3) is 0 Å². The molecule has 1 aliphatic carbocycles. The van der Waals surface area contributed by atoms with Crippen molar-refractivity contribution in [2.24, 2.45) is 5.92 Å². The van der Waals surface area contributed by atoms with Crippen molar-refractivity contribution in [2.75, 3.05) is 5.32 Å². The van der Waals surface area contributed by atoms with Gasteiger partial charge in [-0.05, 0) is 36.8 Å². The standard InChI is InChI=1S/C17H18N2OS/c1-12-7-9-14-15(11-12)21-17(18-14)19-16(20)10-8-13-5-3-2-4-6-13/h2-6,8,10,12H,7,9,11H2,1H3,(H,18,19,20)/b10-8-/t12-/m0/s1. The number of aryl methyl sites for hydroxylation is 1. The fraction of sp³-hybridized carbons (Fsp3) is 0.294. The molecule has 1 amide bonds. The van der Waals surface area contributed by atoms with Gasteiger partial charge in [-0.15, -0.1) is 11.3 Å². The van der Waals surface area contributed by atoms with E-state index in [4.69, 9.17) is 0 Å². The summed E-state index contributed by atoms with van der Waals surface area (Å²) < 4.78 is 0. The summed E-state index contributed by atoms with van der Waals surface area (Å²) in [6.07, 6.45) is 6.67. The van der Waals surface area contributed by atoms with Crippen molar-refractivity contribution in [1.29, 1.82) is 0 Å². The molecule has 0 bridgehead atoms. The van der Waals surface area contributed by atoms with Crippen LogP contribution < -0.4 is 5.32 Å². The van der Waals surface area contributed by atoms with Gasteiger partial charge < -0.3 is 0 Å². The maximum absolute atomic E-state index is 11.9. The lowest BCUT2D eigenvalue weighted by Gasteiger charge is -2.15. The van der Waals surface area contributed by atoms with Crippen LogP contribution in [0.1, 0.15) is 29.5 Å². The highest BCUT2D eigenvalue weighted by atomic mass is 32.1. The Hall–Kier alpha value is -1.94. The van der Waals surface area contributed by atoms with Gasteiger partial charge in [-0.2, -0.15) is 0 Å². The van der Waals surface area contributed by atoms with Gasteiger partial charge >= 0.3 is 0 Å². The Morgan fingerprint density at radius 1 is 1.38 bits per heavy atom. The predicted molar refractivity (Wildman–Crippen MR) is 87.4 cm³/mol. The first-order chi connectivity index (χ1) is 10.2. The minimum atomic E-state index is -0.127. The SMILES string of the molecule is C[C@H]1CCc2nc(NC(=O)/C=C\c3ccccc3)sc2C1. The van der Waals surface area contributed by atoms with Gasteiger partial charge in [0.2, 0.25) is 5.91 Å². The van der Waals surface area contributed by atoms with Crippen LogP contribution in [0.2, 0.25) is 0 Å². The van der Waals surface area contributed by atoms with E-state index in [1.807, 2.05) is 36.4 Å². The number of carbonyl (C=O) groups is 1. The van der Waals surface area contributed by atoms with E-state index in [1.54, 1.807) is 17.4 Å². The molecule has 0 radical (unpaired) electrons. The van der Waals surface area contributed by atoms with Crippen LogP contribution >= 0.6 is 11.3 Å². The number of nitrogens with zero attached hydrogens (tertiary/aromatic N) is 1. The van der Waals surface area contributed by atoms with Crippen LogP contribution in [0, 0.1) is 5.92 Å². The number of amides is 1. The number of nitrogens with one attached hydrogen (secondary N) is 1. The smallest absolute Gasteiger partial charge is 0.250 e. The molecule has 1 aliphatic rings. The Balaban J connectivity index is 1.64. The molecule has 0 aliphatic heterocycles. The second-order valence-electron chi connectivity index (χ2n) is 5.47. The Bertz CT molecular complexity index is 661. The molecule has 21 heavy (non-hydrogen) atoms. The zero-order chi connectivity index (χ0) is 14.7. The average molecular weight is 298 g/mol. The van der Waals surface area contributed by atoms with Crippen molar-refractivity contribution >= 4 is 28.5 Å². The molecule has 0 spiro atoms. The molecule has 0 saturated carbocycles. The van der Waals surface area contributed by atoms with Gasteiger partial charge in [-0.1, -0.05) is 37.3 Å². The number of aromatic nitrogens is 1. The molecule has 0 unspecified atom stereocenters. The first-order valence-electron chi connectivity index (χ1n) is 7.23. The zero-order valence-electron chi connectivity index (χ0n) is 12.0. The van der Waals surface area contributed by atoms with Crippen LogP contribution in [0.3, 0.4) is 0 Å². The van der Waals surface area contributed by atoms with Crippen LogP contribution in [0.25, 0.3) is 6.08 Å². The summed E-state index contributed by atoms with van der Waals surface area (Å²) in [7, 11) is 0. The number of thiazole rings is 1. The molecular weight excluding hydrogens is 280 g/mol. The lowest BCUT2D eigenvalue weighted by Crippen LogP contribution is -2.09. The molecule has 2 aromatic rings. The van der Waals surface area contributed by atoms with Crippen molar-refractivity contribution in [1.82, 2.24) is 4.98 Å². The van der Waals surface area contributed by atoms with E-state index in [0.717, 1.165) is 29.5 Å². The average Bonchev–Trinajstić information content (AvgIpc) is 2.87. The highest BCUT2D eigenvalue weighted by molar-refractivity contribution is 7.15. The van der Waals surface area contributed by atoms with E-state index in [-0.39, 0.29) is 5.91 Å². The van der Waals surface area contributed by atoms with Crippen molar-refractivity contribution in [3.8, 4) is 0 Å². The zero-order valence-corrected chi connectivity index (χ0v) is 12.8. The fourth-order valence-electron chi connectivity index (χ4n) is 2.48. The predicted octanol–water partition coefficient (Wildman–Crippen LogP) is 3.92. The van der Waals surface area contributed by atoms with Crippen LogP contribution in [0.5, 0.6) is 0 Å². The molecule has 0 saturated heterocycles. The molecule has 1 atom stereocenters. The van der Waals surface area contributed by atoms with Gasteiger partial charge in [-0.3, -0.25) is 10.1 Å². The minimum Gasteiger partial charge on any atom is -0.298 e. The molecule has 3 rings (SSSR count). The Kier molecular flexibility index (Phi) is 4.15. The monoisotopic (exact) mass is 298 g/mol. The summed E-state index contributed by atoms with van der Waals surface area (Å²) >= 11 is 1.61. The lowest BCUT2D eigenvalue weighted by atomic mass is 9.93. The van der Waals surface area contributed by atoms with E-state index < -0.39 is 0 Å². The topological polar surface area (TPSA) is 42.0 Å². The van der Waals surface area contributed by atoms with E-state index >= 15 is 0 Å². The van der Waals surface area contributed by atoms with Crippen LogP contribution in [-0.4, -0.2) is 10.9 Å². The van der Waals surface area contributed by atoms with Crippen LogP contribution in [0.4, 0.5) is 5.13 Å². The summed E-state index contributed by atoms with van der Waals surface area (Å²) in [4.78, 5) is 17.8. The van der Waals surface area contributed by atoms with Gasteiger partial charge in [0.1, 0.15) is 0 Å². The van der Waals surface area contributed by atoms with E-state index in [1.165, 1.54) is 17.0 Å². The Morgan fingerprint density at radius 2 is 2.19 bits per heavy atom. The number of benzene rings is 1. The molecule has 1 aromatic heterocycles. The van der Waals surface area contributed by atoms with Crippen molar-refractivity contribution in [2.45, 2.75) is 26.2 Å². The number of hydrogen-bond acceptors (Lipinski definition) is 3. The van der Waals surface area contributed by atoms with Crippen LogP contribution in [-0.2, 0) is 17.6 Å². The Morgan fingerprint density at radius 3 is 3.00 bits per heavy atom. The first-order valence-corrected chi connectivity index (χ1v) is 8.05. The van der Waals surface area contributed by atoms with E-state index in [9.17, 15) is 4.79 Å². The lowest BCUT2D eigenvalue weighted by molar-refractivity contribution is -0.111. The minimum absolute atomic E-state index is 0.127. The highest BCUT2D eigenvalue weighted by Crippen LogP contribution is 2.32. The molecule has 4 heteroatoms. The molecule has 1 aromatic carbocycles. The number of hydrogen-bond donors (Lipinski definition) is 1. The first kappa shape index (κ1) is 14.0. The molecular formula is C17H18N2OS. The molecule has 0 fully saturated rings. The third-order valence-corrected chi connectivity index (χ3v) is 4.68.